The van der Waals surface area contributed by atoms with E-state index < -0.39 is 28.5 Å². The van der Waals surface area contributed by atoms with Crippen LogP contribution in [0.3, 0.4) is 0 Å². The molecule has 0 aromatic heterocycles. The van der Waals surface area contributed by atoms with Gasteiger partial charge in [0, 0.05) is 23.7 Å². The largest absolute Gasteiger partial charge is 0.497 e. The van der Waals surface area contributed by atoms with E-state index in [2.05, 4.69) is 5.32 Å². The molecule has 0 radical (unpaired) electrons. The predicted octanol–water partition coefficient (Wildman–Crippen LogP) is 4.49. The van der Waals surface area contributed by atoms with Gasteiger partial charge in [-0.1, -0.05) is 41.9 Å². The number of methoxy groups -OCH3 is 2. The SMILES string of the molecule is COc1ccc(OC)c(N(CC(=O)N(Cc2cccc(Cl)c2)[C@H](C)C(=O)NC(C)C)S(=O)(=O)c2ccccc2)c1. The molecule has 1 atom stereocenters. The first-order valence-electron chi connectivity index (χ1n) is 12.6. The Bertz CT molecular complexity index is 1430. The van der Waals surface area contributed by atoms with Crippen molar-refractivity contribution in [3.05, 3.63) is 83.4 Å². The number of carbonyl (C=O) groups is 2. The van der Waals surface area contributed by atoms with Crippen molar-refractivity contribution in [2.45, 2.75) is 44.3 Å². The van der Waals surface area contributed by atoms with E-state index in [1.807, 2.05) is 13.8 Å². The molecule has 0 spiro atoms. The highest BCUT2D eigenvalue weighted by atomic mass is 35.5. The van der Waals surface area contributed by atoms with E-state index in [0.717, 1.165) is 4.31 Å². The van der Waals surface area contributed by atoms with Crippen LogP contribution in [-0.2, 0) is 26.2 Å². The fourth-order valence-electron chi connectivity index (χ4n) is 4.04. The third-order valence-electron chi connectivity index (χ3n) is 6.10. The topological polar surface area (TPSA) is 105 Å². The van der Waals surface area contributed by atoms with Crippen LogP contribution in [0.4, 0.5) is 5.69 Å². The third-order valence-corrected chi connectivity index (χ3v) is 8.11. The summed E-state index contributed by atoms with van der Waals surface area (Å²) in [5, 5.41) is 3.29. The Morgan fingerprint density at radius 2 is 1.62 bits per heavy atom. The molecule has 0 aliphatic rings. The number of ether oxygens (including phenoxy) is 2. The maximum atomic E-state index is 14.0. The molecule has 0 saturated carbocycles. The van der Waals surface area contributed by atoms with E-state index in [0.29, 0.717) is 16.3 Å². The van der Waals surface area contributed by atoms with Gasteiger partial charge in [-0.2, -0.15) is 0 Å². The monoisotopic (exact) mass is 587 g/mol. The Morgan fingerprint density at radius 3 is 2.23 bits per heavy atom. The number of hydrogen-bond acceptors (Lipinski definition) is 6. The van der Waals surface area contributed by atoms with Crippen molar-refractivity contribution >= 4 is 39.1 Å². The minimum Gasteiger partial charge on any atom is -0.497 e. The average Bonchev–Trinajstić information content (AvgIpc) is 2.93. The first kappa shape index (κ1) is 30.8. The number of hydrogen-bond donors (Lipinski definition) is 1. The second-order valence-corrected chi connectivity index (χ2v) is 11.7. The van der Waals surface area contributed by atoms with Crippen molar-refractivity contribution in [3.63, 3.8) is 0 Å². The van der Waals surface area contributed by atoms with Crippen LogP contribution < -0.4 is 19.1 Å². The molecule has 1 N–H and O–H groups in total. The first-order chi connectivity index (χ1) is 19.0. The molecule has 0 unspecified atom stereocenters. The van der Waals surface area contributed by atoms with Crippen molar-refractivity contribution in [1.82, 2.24) is 10.2 Å². The molecule has 0 aliphatic heterocycles. The predicted molar refractivity (Wildman–Crippen MR) is 155 cm³/mol. The summed E-state index contributed by atoms with van der Waals surface area (Å²) in [5.41, 5.74) is 0.794. The first-order valence-corrected chi connectivity index (χ1v) is 14.4. The number of benzene rings is 3. The van der Waals surface area contributed by atoms with Gasteiger partial charge >= 0.3 is 0 Å². The molecular weight excluding hydrogens is 554 g/mol. The van der Waals surface area contributed by atoms with Gasteiger partial charge in [0.1, 0.15) is 24.1 Å². The molecule has 9 nitrogen and oxygen atoms in total. The molecule has 3 aromatic carbocycles. The quantitative estimate of drug-likeness (QED) is 0.335. The minimum absolute atomic E-state index is 0.0142. The fourth-order valence-corrected chi connectivity index (χ4v) is 5.69. The highest BCUT2D eigenvalue weighted by Gasteiger charge is 2.34. The van der Waals surface area contributed by atoms with E-state index in [9.17, 15) is 18.0 Å². The highest BCUT2D eigenvalue weighted by Crippen LogP contribution is 2.36. The zero-order valence-electron chi connectivity index (χ0n) is 23.1. The van der Waals surface area contributed by atoms with Crippen LogP contribution >= 0.6 is 11.6 Å². The summed E-state index contributed by atoms with van der Waals surface area (Å²) in [6, 6.07) is 18.3. The Balaban J connectivity index is 2.11. The lowest BCUT2D eigenvalue weighted by molar-refractivity contribution is -0.139. The molecule has 11 heteroatoms. The summed E-state index contributed by atoms with van der Waals surface area (Å²) in [6.45, 7) is 4.65. The number of carbonyl (C=O) groups excluding carboxylic acids is 2. The van der Waals surface area contributed by atoms with Gasteiger partial charge in [0.2, 0.25) is 11.8 Å². The summed E-state index contributed by atoms with van der Waals surface area (Å²) in [6.07, 6.45) is 0. The Hall–Kier alpha value is -3.76. The summed E-state index contributed by atoms with van der Waals surface area (Å²) in [4.78, 5) is 28.4. The van der Waals surface area contributed by atoms with Crippen LogP contribution in [0.15, 0.2) is 77.7 Å². The van der Waals surface area contributed by atoms with E-state index in [4.69, 9.17) is 21.1 Å². The van der Waals surface area contributed by atoms with Gasteiger partial charge in [-0.15, -0.1) is 0 Å². The number of sulfonamides is 1. The maximum absolute atomic E-state index is 14.0. The summed E-state index contributed by atoms with van der Waals surface area (Å²) < 4.78 is 39.7. The molecule has 0 bridgehead atoms. The number of anilines is 1. The van der Waals surface area contributed by atoms with Gasteiger partial charge < -0.3 is 19.7 Å². The van der Waals surface area contributed by atoms with Crippen molar-refractivity contribution in [2.24, 2.45) is 0 Å². The lowest BCUT2D eigenvalue weighted by atomic mass is 10.1. The van der Waals surface area contributed by atoms with Gasteiger partial charge in [0.25, 0.3) is 10.0 Å². The van der Waals surface area contributed by atoms with E-state index >= 15 is 0 Å². The zero-order valence-corrected chi connectivity index (χ0v) is 24.7. The standard InChI is InChI=1S/C29H34ClN3O6S/c1-20(2)31-29(35)21(3)32(18-22-10-9-11-23(30)16-22)28(34)19-33(40(36,37)25-12-7-6-8-13-25)26-17-24(38-4)14-15-27(26)39-5/h6-17,20-21H,18-19H2,1-5H3,(H,31,35)/t21-/m1/s1. The fraction of sp³-hybridized carbons (Fsp3) is 0.310. The van der Waals surface area contributed by atoms with Crippen LogP contribution in [0.25, 0.3) is 0 Å². The molecule has 0 saturated heterocycles. The molecule has 0 aliphatic carbocycles. The number of amides is 2. The minimum atomic E-state index is -4.26. The molecule has 214 valence electrons. The molecule has 0 heterocycles. The van der Waals surface area contributed by atoms with Crippen LogP contribution in [-0.4, -0.2) is 58.0 Å². The van der Waals surface area contributed by atoms with Crippen LogP contribution in [0, 0.1) is 0 Å². The van der Waals surface area contributed by atoms with Gasteiger partial charge in [0.15, 0.2) is 0 Å². The molecule has 0 fully saturated rings. The summed E-state index contributed by atoms with van der Waals surface area (Å²) in [7, 11) is -1.40. The average molecular weight is 588 g/mol. The normalized spacial score (nSPS) is 12.0. The molecule has 2 amide bonds. The Morgan fingerprint density at radius 1 is 0.925 bits per heavy atom. The van der Waals surface area contributed by atoms with E-state index in [1.54, 1.807) is 61.5 Å². The molecule has 3 aromatic rings. The van der Waals surface area contributed by atoms with Crippen LogP contribution in [0.2, 0.25) is 5.02 Å². The van der Waals surface area contributed by atoms with Crippen LogP contribution in [0.5, 0.6) is 11.5 Å². The van der Waals surface area contributed by atoms with Crippen molar-refractivity contribution in [2.75, 3.05) is 25.1 Å². The molecular formula is C29H34ClN3O6S. The van der Waals surface area contributed by atoms with E-state index in [1.165, 1.54) is 37.3 Å². The van der Waals surface area contributed by atoms with Crippen LogP contribution in [0.1, 0.15) is 26.3 Å². The number of halogens is 1. The van der Waals surface area contributed by atoms with Gasteiger partial charge in [-0.25, -0.2) is 8.42 Å². The van der Waals surface area contributed by atoms with Gasteiger partial charge in [0.05, 0.1) is 24.8 Å². The highest BCUT2D eigenvalue weighted by molar-refractivity contribution is 7.92. The maximum Gasteiger partial charge on any atom is 0.264 e. The van der Waals surface area contributed by atoms with Crippen molar-refractivity contribution in [1.29, 1.82) is 0 Å². The zero-order chi connectivity index (χ0) is 29.4. The number of nitrogens with one attached hydrogen (secondary N) is 1. The van der Waals surface area contributed by atoms with Crippen molar-refractivity contribution in [3.8, 4) is 11.5 Å². The lowest BCUT2D eigenvalue weighted by Crippen LogP contribution is -2.52. The second kappa shape index (κ2) is 13.5. The lowest BCUT2D eigenvalue weighted by Gasteiger charge is -2.32. The number of rotatable bonds is 12. The van der Waals surface area contributed by atoms with Crippen molar-refractivity contribution < 1.29 is 27.5 Å². The third kappa shape index (κ3) is 7.45. The van der Waals surface area contributed by atoms with Gasteiger partial charge in [-0.05, 0) is 62.7 Å². The molecule has 40 heavy (non-hydrogen) atoms. The summed E-state index contributed by atoms with van der Waals surface area (Å²) in [5.74, 6) is -0.380. The molecule has 3 rings (SSSR count). The van der Waals surface area contributed by atoms with E-state index in [-0.39, 0.29) is 34.8 Å². The number of nitrogens with zero attached hydrogens (tertiary/aromatic N) is 2. The second-order valence-electron chi connectivity index (χ2n) is 9.35. The smallest absolute Gasteiger partial charge is 0.264 e. The Kier molecular flexibility index (Phi) is 10.4. The van der Waals surface area contributed by atoms with Gasteiger partial charge in [-0.3, -0.25) is 13.9 Å². The Labute approximate surface area is 240 Å². The summed E-state index contributed by atoms with van der Waals surface area (Å²) >= 11 is 6.18.